The largest absolute Gasteiger partial charge is 0.366 e. The molecule has 1 aromatic rings. The number of benzene rings is 1. The summed E-state index contributed by atoms with van der Waals surface area (Å²) in [6.45, 7) is 5.52. The van der Waals surface area contributed by atoms with Gasteiger partial charge in [0.1, 0.15) is 0 Å². The van der Waals surface area contributed by atoms with E-state index in [0.717, 1.165) is 12.3 Å². The Kier molecular flexibility index (Phi) is 2.86. The summed E-state index contributed by atoms with van der Waals surface area (Å²) in [6, 6.07) is 9.27. The van der Waals surface area contributed by atoms with Gasteiger partial charge in [-0.3, -0.25) is 0 Å². The molecule has 0 bridgehead atoms. The minimum absolute atomic E-state index is 0.136. The standard InChI is InChI=1S/C16H24N2/c1-16(2,17)15-10-13-8-3-4-9-14(13)18(15)11-12-6-5-7-12/h3-4,8-9,12,15H,5-7,10-11,17H2,1-2H3. The van der Waals surface area contributed by atoms with Gasteiger partial charge in [-0.05, 0) is 50.7 Å². The molecule has 0 aromatic heterocycles. The Bertz CT molecular complexity index is 429. The van der Waals surface area contributed by atoms with Crippen molar-refractivity contribution in [2.75, 3.05) is 11.4 Å². The number of anilines is 1. The second-order valence-electron chi connectivity index (χ2n) is 6.62. The van der Waals surface area contributed by atoms with Crippen LogP contribution in [0.5, 0.6) is 0 Å². The van der Waals surface area contributed by atoms with Crippen LogP contribution in [-0.4, -0.2) is 18.1 Å². The van der Waals surface area contributed by atoms with E-state index in [1.54, 1.807) is 0 Å². The molecule has 1 aromatic carbocycles. The fourth-order valence-electron chi connectivity index (χ4n) is 3.29. The normalized spacial score (nSPS) is 23.9. The highest BCUT2D eigenvalue weighted by Crippen LogP contribution is 2.38. The molecule has 2 aliphatic rings. The topological polar surface area (TPSA) is 29.3 Å². The minimum Gasteiger partial charge on any atom is -0.366 e. The maximum absolute atomic E-state index is 6.40. The van der Waals surface area contributed by atoms with Crippen LogP contribution in [0.15, 0.2) is 24.3 Å². The Labute approximate surface area is 110 Å². The zero-order valence-corrected chi connectivity index (χ0v) is 11.5. The molecule has 1 aliphatic carbocycles. The van der Waals surface area contributed by atoms with Crippen LogP contribution in [0.3, 0.4) is 0 Å². The van der Waals surface area contributed by atoms with E-state index in [4.69, 9.17) is 5.73 Å². The van der Waals surface area contributed by atoms with Crippen LogP contribution in [0.1, 0.15) is 38.7 Å². The molecule has 1 atom stereocenters. The number of hydrogen-bond acceptors (Lipinski definition) is 2. The van der Waals surface area contributed by atoms with Gasteiger partial charge in [-0.2, -0.15) is 0 Å². The zero-order chi connectivity index (χ0) is 12.8. The van der Waals surface area contributed by atoms with E-state index < -0.39 is 0 Å². The average molecular weight is 244 g/mol. The molecule has 1 heterocycles. The first-order valence-corrected chi connectivity index (χ1v) is 7.19. The van der Waals surface area contributed by atoms with Crippen LogP contribution < -0.4 is 10.6 Å². The molecular formula is C16H24N2. The monoisotopic (exact) mass is 244 g/mol. The Morgan fingerprint density at radius 2 is 2.00 bits per heavy atom. The molecular weight excluding hydrogens is 220 g/mol. The van der Waals surface area contributed by atoms with Gasteiger partial charge in [0.15, 0.2) is 0 Å². The summed E-state index contributed by atoms with van der Waals surface area (Å²) >= 11 is 0. The highest BCUT2D eigenvalue weighted by Gasteiger charge is 2.38. The summed E-state index contributed by atoms with van der Waals surface area (Å²) in [7, 11) is 0. The summed E-state index contributed by atoms with van der Waals surface area (Å²) in [5.74, 6) is 0.890. The van der Waals surface area contributed by atoms with Gasteiger partial charge in [-0.25, -0.2) is 0 Å². The molecule has 1 saturated carbocycles. The van der Waals surface area contributed by atoms with Crippen molar-refractivity contribution in [3.05, 3.63) is 29.8 Å². The van der Waals surface area contributed by atoms with Gasteiger partial charge in [0.05, 0.1) is 6.04 Å². The molecule has 0 saturated heterocycles. The van der Waals surface area contributed by atoms with Crippen molar-refractivity contribution in [2.45, 2.75) is 51.1 Å². The number of nitrogens with zero attached hydrogens (tertiary/aromatic N) is 1. The first-order valence-electron chi connectivity index (χ1n) is 7.19. The summed E-state index contributed by atoms with van der Waals surface area (Å²) in [5, 5.41) is 0. The maximum Gasteiger partial charge on any atom is 0.0505 e. The van der Waals surface area contributed by atoms with Gasteiger partial charge >= 0.3 is 0 Å². The van der Waals surface area contributed by atoms with Crippen LogP contribution >= 0.6 is 0 Å². The number of hydrogen-bond donors (Lipinski definition) is 1. The molecule has 98 valence electrons. The fraction of sp³-hybridized carbons (Fsp3) is 0.625. The van der Waals surface area contributed by atoms with E-state index in [1.807, 2.05) is 0 Å². The van der Waals surface area contributed by atoms with Gasteiger partial charge < -0.3 is 10.6 Å². The van der Waals surface area contributed by atoms with E-state index in [0.29, 0.717) is 6.04 Å². The van der Waals surface area contributed by atoms with E-state index in [9.17, 15) is 0 Å². The third-order valence-electron chi connectivity index (χ3n) is 4.63. The Hall–Kier alpha value is -1.02. The molecule has 0 amide bonds. The summed E-state index contributed by atoms with van der Waals surface area (Å²) in [6.07, 6.45) is 5.32. The molecule has 0 radical (unpaired) electrons. The van der Waals surface area contributed by atoms with Crippen molar-refractivity contribution in [1.29, 1.82) is 0 Å². The second kappa shape index (κ2) is 4.27. The maximum atomic E-state index is 6.40. The van der Waals surface area contributed by atoms with Gasteiger partial charge in [-0.15, -0.1) is 0 Å². The zero-order valence-electron chi connectivity index (χ0n) is 11.5. The first-order chi connectivity index (χ1) is 8.55. The van der Waals surface area contributed by atoms with E-state index >= 15 is 0 Å². The number of rotatable bonds is 3. The highest BCUT2D eigenvalue weighted by molar-refractivity contribution is 5.60. The second-order valence-corrected chi connectivity index (χ2v) is 6.62. The van der Waals surface area contributed by atoms with E-state index in [-0.39, 0.29) is 5.54 Å². The molecule has 2 heteroatoms. The molecule has 0 spiro atoms. The van der Waals surface area contributed by atoms with Crippen molar-refractivity contribution in [3.63, 3.8) is 0 Å². The van der Waals surface area contributed by atoms with Crippen molar-refractivity contribution in [1.82, 2.24) is 0 Å². The fourth-order valence-corrected chi connectivity index (χ4v) is 3.29. The SMILES string of the molecule is CC(C)(N)C1Cc2ccccc2N1CC1CCC1. The predicted molar refractivity (Wildman–Crippen MR) is 76.9 cm³/mol. The van der Waals surface area contributed by atoms with Crippen molar-refractivity contribution in [3.8, 4) is 0 Å². The van der Waals surface area contributed by atoms with Gasteiger partial charge in [0.25, 0.3) is 0 Å². The van der Waals surface area contributed by atoms with Crippen LogP contribution in [-0.2, 0) is 6.42 Å². The molecule has 1 aliphatic heterocycles. The smallest absolute Gasteiger partial charge is 0.0505 e. The minimum atomic E-state index is -0.136. The third kappa shape index (κ3) is 2.03. The van der Waals surface area contributed by atoms with Gasteiger partial charge in [0.2, 0.25) is 0 Å². The van der Waals surface area contributed by atoms with Crippen LogP contribution in [0.25, 0.3) is 0 Å². The van der Waals surface area contributed by atoms with Crippen molar-refractivity contribution in [2.24, 2.45) is 11.7 Å². The lowest BCUT2D eigenvalue weighted by Crippen LogP contribution is -2.55. The van der Waals surface area contributed by atoms with Gasteiger partial charge in [-0.1, -0.05) is 24.6 Å². The first kappa shape index (κ1) is 12.0. The summed E-state index contributed by atoms with van der Waals surface area (Å²) in [5.41, 5.74) is 9.16. The molecule has 18 heavy (non-hydrogen) atoms. The Balaban J connectivity index is 1.88. The van der Waals surface area contributed by atoms with Crippen LogP contribution in [0, 0.1) is 5.92 Å². The van der Waals surface area contributed by atoms with E-state index in [1.165, 1.54) is 37.1 Å². The van der Waals surface area contributed by atoms with E-state index in [2.05, 4.69) is 43.0 Å². The summed E-state index contributed by atoms with van der Waals surface area (Å²) in [4.78, 5) is 2.58. The average Bonchev–Trinajstić information content (AvgIpc) is 2.62. The lowest BCUT2D eigenvalue weighted by Gasteiger charge is -2.40. The molecule has 2 N–H and O–H groups in total. The Morgan fingerprint density at radius 3 is 2.61 bits per heavy atom. The third-order valence-corrected chi connectivity index (χ3v) is 4.63. The predicted octanol–water partition coefficient (Wildman–Crippen LogP) is 2.96. The molecule has 1 fully saturated rings. The lowest BCUT2D eigenvalue weighted by molar-refractivity contribution is 0.294. The molecule has 2 nitrogen and oxygen atoms in total. The number of para-hydroxylation sites is 1. The van der Waals surface area contributed by atoms with Crippen molar-refractivity contribution < 1.29 is 0 Å². The van der Waals surface area contributed by atoms with Gasteiger partial charge in [0, 0.05) is 17.8 Å². The Morgan fingerprint density at radius 1 is 1.28 bits per heavy atom. The van der Waals surface area contributed by atoms with Crippen molar-refractivity contribution >= 4 is 5.69 Å². The quantitative estimate of drug-likeness (QED) is 0.885. The number of nitrogens with two attached hydrogens (primary N) is 1. The molecule has 1 unspecified atom stereocenters. The highest BCUT2D eigenvalue weighted by atomic mass is 15.2. The van der Waals surface area contributed by atoms with Crippen LogP contribution in [0.4, 0.5) is 5.69 Å². The summed E-state index contributed by atoms with van der Waals surface area (Å²) < 4.78 is 0. The lowest BCUT2D eigenvalue weighted by atomic mass is 9.84. The van der Waals surface area contributed by atoms with Crippen LogP contribution in [0.2, 0.25) is 0 Å². The number of fused-ring (bicyclic) bond motifs is 1. The molecule has 3 rings (SSSR count).